The fraction of sp³-hybridized carbons (Fsp3) is 0.857. The molecule has 0 aromatic heterocycles. The molecule has 0 amide bonds. The Bertz CT molecular complexity index is 103. The summed E-state index contributed by atoms with van der Waals surface area (Å²) in [4.78, 5) is 10.4. The first kappa shape index (κ1) is 6.75. The molecule has 1 rings (SSSR count). The van der Waals surface area contributed by atoms with Gasteiger partial charge in [0.25, 0.3) is 0 Å². The van der Waals surface area contributed by atoms with Crippen LogP contribution in [0.4, 0.5) is 0 Å². The van der Waals surface area contributed by atoms with Crippen LogP contribution in [0.3, 0.4) is 0 Å². The second kappa shape index (κ2) is 2.48. The zero-order chi connectivity index (χ0) is 6.74. The molecule has 1 heterocycles. The van der Waals surface area contributed by atoms with E-state index >= 15 is 0 Å². The van der Waals surface area contributed by atoms with E-state index in [0.29, 0.717) is 0 Å². The van der Waals surface area contributed by atoms with Gasteiger partial charge in [-0.25, -0.2) is 0 Å². The third-order valence-electron chi connectivity index (χ3n) is 1.92. The molecule has 0 aromatic rings. The van der Waals surface area contributed by atoms with Crippen molar-refractivity contribution >= 4 is 6.29 Å². The van der Waals surface area contributed by atoms with E-state index in [1.54, 1.807) is 0 Å². The van der Waals surface area contributed by atoms with Crippen molar-refractivity contribution in [3.8, 4) is 0 Å². The van der Waals surface area contributed by atoms with Crippen molar-refractivity contribution in [2.75, 3.05) is 13.2 Å². The van der Waals surface area contributed by atoms with Crippen LogP contribution < -0.4 is 0 Å². The molecule has 0 aromatic carbocycles. The van der Waals surface area contributed by atoms with Crippen LogP contribution in [-0.2, 0) is 9.53 Å². The lowest BCUT2D eigenvalue weighted by Gasteiger charge is -2.27. The van der Waals surface area contributed by atoms with Crippen molar-refractivity contribution in [2.24, 2.45) is 5.41 Å². The number of aldehydes is 1. The van der Waals surface area contributed by atoms with Crippen molar-refractivity contribution in [3.63, 3.8) is 0 Å². The maximum atomic E-state index is 10.4. The molecular weight excluding hydrogens is 116 g/mol. The van der Waals surface area contributed by atoms with Gasteiger partial charge in [0.1, 0.15) is 6.29 Å². The van der Waals surface area contributed by atoms with Crippen LogP contribution >= 0.6 is 0 Å². The predicted molar refractivity (Wildman–Crippen MR) is 34.2 cm³/mol. The summed E-state index contributed by atoms with van der Waals surface area (Å²) in [5.41, 5.74) is -0.0851. The second-order valence-electron chi connectivity index (χ2n) is 2.88. The lowest BCUT2D eigenvalue weighted by Crippen LogP contribution is -2.27. The van der Waals surface area contributed by atoms with E-state index in [-0.39, 0.29) is 5.41 Å². The second-order valence-corrected chi connectivity index (χ2v) is 2.88. The Morgan fingerprint density at radius 1 is 1.44 bits per heavy atom. The Morgan fingerprint density at radius 3 is 2.33 bits per heavy atom. The molecule has 1 aliphatic rings. The molecule has 0 aliphatic carbocycles. The van der Waals surface area contributed by atoms with Crippen molar-refractivity contribution in [3.05, 3.63) is 0 Å². The van der Waals surface area contributed by atoms with Crippen LogP contribution in [0.15, 0.2) is 0 Å². The monoisotopic (exact) mass is 128 g/mol. The predicted octanol–water partition coefficient (Wildman–Crippen LogP) is 1.00. The summed E-state index contributed by atoms with van der Waals surface area (Å²) in [5.74, 6) is 0. The standard InChI is InChI=1S/C7H12O2/c1-7(6-8)2-4-9-5-3-7/h6H,2-5H2,1H3. The molecule has 0 saturated carbocycles. The quantitative estimate of drug-likeness (QED) is 0.492. The molecule has 1 fully saturated rings. The number of ether oxygens (including phenoxy) is 1. The van der Waals surface area contributed by atoms with Gasteiger partial charge in [-0.3, -0.25) is 0 Å². The largest absolute Gasteiger partial charge is 0.381 e. The van der Waals surface area contributed by atoms with Crippen LogP contribution in [0, 0.1) is 5.41 Å². The Hall–Kier alpha value is -0.370. The van der Waals surface area contributed by atoms with Gasteiger partial charge in [0, 0.05) is 18.6 Å². The molecule has 0 bridgehead atoms. The van der Waals surface area contributed by atoms with E-state index in [2.05, 4.69) is 0 Å². The highest BCUT2D eigenvalue weighted by Gasteiger charge is 2.25. The first-order chi connectivity index (χ1) is 4.27. The molecule has 0 N–H and O–H groups in total. The van der Waals surface area contributed by atoms with Gasteiger partial charge in [0.05, 0.1) is 0 Å². The summed E-state index contributed by atoms with van der Waals surface area (Å²) in [5, 5.41) is 0. The maximum Gasteiger partial charge on any atom is 0.126 e. The molecular formula is C7H12O2. The van der Waals surface area contributed by atoms with Crippen LogP contribution in [-0.4, -0.2) is 19.5 Å². The van der Waals surface area contributed by atoms with Crippen LogP contribution in [0.1, 0.15) is 19.8 Å². The van der Waals surface area contributed by atoms with E-state index in [9.17, 15) is 4.79 Å². The lowest BCUT2D eigenvalue weighted by molar-refractivity contribution is -0.120. The number of rotatable bonds is 1. The molecule has 1 aliphatic heterocycles. The SMILES string of the molecule is CC1(C=O)CCOCC1. The fourth-order valence-corrected chi connectivity index (χ4v) is 0.956. The average molecular weight is 128 g/mol. The van der Waals surface area contributed by atoms with Gasteiger partial charge in [-0.05, 0) is 12.8 Å². The third-order valence-corrected chi connectivity index (χ3v) is 1.92. The number of carbonyl (C=O) groups is 1. The van der Waals surface area contributed by atoms with Crippen LogP contribution in [0.2, 0.25) is 0 Å². The highest BCUT2D eigenvalue weighted by atomic mass is 16.5. The van der Waals surface area contributed by atoms with Crippen molar-refractivity contribution in [2.45, 2.75) is 19.8 Å². The van der Waals surface area contributed by atoms with Crippen molar-refractivity contribution < 1.29 is 9.53 Å². The van der Waals surface area contributed by atoms with E-state index < -0.39 is 0 Å². The minimum absolute atomic E-state index is 0.0851. The zero-order valence-corrected chi connectivity index (χ0v) is 5.72. The van der Waals surface area contributed by atoms with E-state index in [1.807, 2.05) is 6.92 Å². The molecule has 2 nitrogen and oxygen atoms in total. The Labute approximate surface area is 55.2 Å². The third kappa shape index (κ3) is 1.52. The maximum absolute atomic E-state index is 10.4. The van der Waals surface area contributed by atoms with Gasteiger partial charge in [-0.15, -0.1) is 0 Å². The lowest BCUT2D eigenvalue weighted by atomic mass is 9.84. The number of carbonyl (C=O) groups excluding carboxylic acids is 1. The molecule has 0 spiro atoms. The molecule has 0 atom stereocenters. The first-order valence-corrected chi connectivity index (χ1v) is 3.31. The smallest absolute Gasteiger partial charge is 0.126 e. The summed E-state index contributed by atoms with van der Waals surface area (Å²) >= 11 is 0. The highest BCUT2D eigenvalue weighted by Crippen LogP contribution is 2.26. The molecule has 1 saturated heterocycles. The Balaban J connectivity index is 2.46. The molecule has 52 valence electrons. The summed E-state index contributed by atoms with van der Waals surface area (Å²) in [6.45, 7) is 3.48. The Morgan fingerprint density at radius 2 is 2.00 bits per heavy atom. The topological polar surface area (TPSA) is 26.3 Å². The van der Waals surface area contributed by atoms with Gasteiger partial charge < -0.3 is 9.53 Å². The van der Waals surface area contributed by atoms with Gasteiger partial charge in [-0.1, -0.05) is 6.92 Å². The van der Waals surface area contributed by atoms with Gasteiger partial charge in [0.2, 0.25) is 0 Å². The number of hydrogen-bond acceptors (Lipinski definition) is 2. The van der Waals surface area contributed by atoms with E-state index in [1.165, 1.54) is 0 Å². The van der Waals surface area contributed by atoms with Crippen LogP contribution in [0.25, 0.3) is 0 Å². The summed E-state index contributed by atoms with van der Waals surface area (Å²) in [6.07, 6.45) is 2.82. The molecule has 2 heteroatoms. The Kier molecular flexibility index (Phi) is 1.86. The molecule has 9 heavy (non-hydrogen) atoms. The zero-order valence-electron chi connectivity index (χ0n) is 5.72. The summed E-state index contributed by atoms with van der Waals surface area (Å²) < 4.78 is 5.11. The minimum Gasteiger partial charge on any atom is -0.381 e. The molecule has 0 unspecified atom stereocenters. The normalized spacial score (nSPS) is 25.4. The van der Waals surface area contributed by atoms with Crippen molar-refractivity contribution in [1.29, 1.82) is 0 Å². The van der Waals surface area contributed by atoms with E-state index in [0.717, 1.165) is 32.3 Å². The van der Waals surface area contributed by atoms with Crippen molar-refractivity contribution in [1.82, 2.24) is 0 Å². The average Bonchev–Trinajstić information content (AvgIpc) is 1.90. The van der Waals surface area contributed by atoms with Gasteiger partial charge in [0.15, 0.2) is 0 Å². The van der Waals surface area contributed by atoms with Gasteiger partial charge >= 0.3 is 0 Å². The van der Waals surface area contributed by atoms with E-state index in [4.69, 9.17) is 4.74 Å². The molecule has 0 radical (unpaired) electrons. The van der Waals surface area contributed by atoms with Gasteiger partial charge in [-0.2, -0.15) is 0 Å². The summed E-state index contributed by atoms with van der Waals surface area (Å²) in [6, 6.07) is 0. The first-order valence-electron chi connectivity index (χ1n) is 3.31. The minimum atomic E-state index is -0.0851. The highest BCUT2D eigenvalue weighted by molar-refractivity contribution is 5.58. The number of hydrogen-bond donors (Lipinski definition) is 0. The summed E-state index contributed by atoms with van der Waals surface area (Å²) in [7, 11) is 0. The fourth-order valence-electron chi connectivity index (χ4n) is 0.956. The van der Waals surface area contributed by atoms with Crippen LogP contribution in [0.5, 0.6) is 0 Å².